The van der Waals surface area contributed by atoms with Crippen molar-refractivity contribution in [3.8, 4) is 5.75 Å². The van der Waals surface area contributed by atoms with Gasteiger partial charge >= 0.3 is 6.18 Å². The van der Waals surface area contributed by atoms with Gasteiger partial charge < -0.3 is 20.4 Å². The molecule has 0 atom stereocenters. The number of oxime groups is 1. The van der Waals surface area contributed by atoms with Crippen LogP contribution in [0.2, 0.25) is 5.02 Å². The van der Waals surface area contributed by atoms with Gasteiger partial charge in [-0.15, -0.1) is 0 Å². The lowest BCUT2D eigenvalue weighted by molar-refractivity contribution is -0.186. The molecule has 9 heteroatoms. The summed E-state index contributed by atoms with van der Waals surface area (Å²) >= 11 is 5.82. The minimum atomic E-state index is -4.41. The molecule has 0 amide bonds. The Kier molecular flexibility index (Phi) is 5.25. The van der Waals surface area contributed by atoms with Crippen LogP contribution in [0.1, 0.15) is 5.56 Å². The zero-order valence-electron chi connectivity index (χ0n) is 9.45. The molecule has 0 aromatic heterocycles. The summed E-state index contributed by atoms with van der Waals surface area (Å²) < 4.78 is 44.5. The van der Waals surface area contributed by atoms with Crippen LogP contribution >= 0.6 is 11.6 Å². The normalized spacial score (nSPS) is 12.5. The first-order valence-corrected chi connectivity index (χ1v) is 5.26. The first kappa shape index (κ1) is 15.4. The van der Waals surface area contributed by atoms with Gasteiger partial charge in [-0.1, -0.05) is 16.8 Å². The lowest BCUT2D eigenvalue weighted by atomic mass is 10.2. The third-order valence-electron chi connectivity index (χ3n) is 1.90. The van der Waals surface area contributed by atoms with E-state index in [0.29, 0.717) is 0 Å². The van der Waals surface area contributed by atoms with Crippen LogP contribution in [0.5, 0.6) is 5.75 Å². The van der Waals surface area contributed by atoms with Gasteiger partial charge in [0, 0.05) is 5.56 Å². The van der Waals surface area contributed by atoms with E-state index in [2.05, 4.69) is 9.89 Å². The number of nitrogens with zero attached hydrogens (tertiary/aromatic N) is 1. The third kappa shape index (κ3) is 5.23. The Morgan fingerprint density at radius 3 is 2.63 bits per heavy atom. The molecule has 0 spiro atoms. The number of hydrogen-bond donors (Lipinski definition) is 2. The molecule has 0 aliphatic rings. The molecule has 1 aromatic carbocycles. The largest absolute Gasteiger partial charge is 0.467 e. The molecule has 0 heterocycles. The van der Waals surface area contributed by atoms with Crippen LogP contribution in [0.3, 0.4) is 0 Å². The van der Waals surface area contributed by atoms with Gasteiger partial charge in [0.15, 0.2) is 12.6 Å². The van der Waals surface area contributed by atoms with Gasteiger partial charge in [0.25, 0.3) is 0 Å². The summed E-state index contributed by atoms with van der Waals surface area (Å²) in [6.07, 6.45) is -4.41. The summed E-state index contributed by atoms with van der Waals surface area (Å²) in [4.78, 5) is 0. The number of benzene rings is 1. The van der Waals surface area contributed by atoms with Crippen molar-refractivity contribution in [3.05, 3.63) is 28.8 Å². The SMILES string of the molecule is N/C(=N/O)c1ccc(OCOCC(F)(F)F)cc1Cl. The van der Waals surface area contributed by atoms with E-state index in [0.717, 1.165) is 0 Å². The Morgan fingerprint density at radius 1 is 1.42 bits per heavy atom. The number of halogens is 4. The van der Waals surface area contributed by atoms with E-state index in [9.17, 15) is 13.2 Å². The smallest absolute Gasteiger partial charge is 0.411 e. The summed E-state index contributed by atoms with van der Waals surface area (Å²) in [5.74, 6) is 0.00605. The molecular weight excluding hydrogens is 289 g/mol. The average Bonchev–Trinajstić information content (AvgIpc) is 2.33. The molecule has 1 rings (SSSR count). The summed E-state index contributed by atoms with van der Waals surface area (Å²) in [6, 6.07) is 4.11. The van der Waals surface area contributed by atoms with Gasteiger partial charge in [-0.2, -0.15) is 13.2 Å². The summed E-state index contributed by atoms with van der Waals surface area (Å²) in [6.45, 7) is -1.97. The molecule has 0 radical (unpaired) electrons. The first-order valence-electron chi connectivity index (χ1n) is 4.88. The van der Waals surface area contributed by atoms with Gasteiger partial charge in [-0.3, -0.25) is 0 Å². The minimum absolute atomic E-state index is 0.128. The van der Waals surface area contributed by atoms with Crippen molar-refractivity contribution in [3.63, 3.8) is 0 Å². The number of hydrogen-bond acceptors (Lipinski definition) is 4. The molecule has 0 aliphatic carbocycles. The number of nitrogens with two attached hydrogens (primary N) is 1. The highest BCUT2D eigenvalue weighted by atomic mass is 35.5. The van der Waals surface area contributed by atoms with Crippen LogP contribution in [0.15, 0.2) is 23.4 Å². The first-order chi connectivity index (χ1) is 8.83. The van der Waals surface area contributed by atoms with Gasteiger partial charge in [0.1, 0.15) is 12.4 Å². The van der Waals surface area contributed by atoms with Crippen LogP contribution in [0.4, 0.5) is 13.2 Å². The van der Waals surface area contributed by atoms with E-state index in [4.69, 9.17) is 27.3 Å². The summed E-state index contributed by atoms with van der Waals surface area (Å²) in [7, 11) is 0. The molecule has 106 valence electrons. The maximum Gasteiger partial charge on any atom is 0.411 e. The second-order valence-corrected chi connectivity index (χ2v) is 3.76. The fourth-order valence-electron chi connectivity index (χ4n) is 1.11. The van der Waals surface area contributed by atoms with Crippen LogP contribution in [0.25, 0.3) is 0 Å². The molecule has 0 unspecified atom stereocenters. The van der Waals surface area contributed by atoms with E-state index < -0.39 is 19.6 Å². The fraction of sp³-hybridized carbons (Fsp3) is 0.300. The standard InChI is InChI=1S/C10H10ClF3N2O3/c11-8-3-6(1-2-7(8)9(15)16-17)19-5-18-4-10(12,13)14/h1-3,17H,4-5H2,(H2,15,16). The molecule has 0 saturated heterocycles. The minimum Gasteiger partial charge on any atom is -0.467 e. The quantitative estimate of drug-likeness (QED) is 0.218. The Bertz CT molecular complexity index is 466. The maximum absolute atomic E-state index is 11.8. The number of alkyl halides is 3. The Morgan fingerprint density at radius 2 is 2.11 bits per heavy atom. The van der Waals surface area contributed by atoms with Gasteiger partial charge in [0.2, 0.25) is 0 Å². The van der Waals surface area contributed by atoms with Crippen molar-refractivity contribution in [2.75, 3.05) is 13.4 Å². The van der Waals surface area contributed by atoms with E-state index in [1.807, 2.05) is 0 Å². The highest BCUT2D eigenvalue weighted by molar-refractivity contribution is 6.34. The van der Waals surface area contributed by atoms with Crippen molar-refractivity contribution < 1.29 is 27.9 Å². The van der Waals surface area contributed by atoms with E-state index >= 15 is 0 Å². The zero-order valence-corrected chi connectivity index (χ0v) is 10.2. The highest BCUT2D eigenvalue weighted by Gasteiger charge is 2.27. The maximum atomic E-state index is 11.8. The Hall–Kier alpha value is -1.67. The highest BCUT2D eigenvalue weighted by Crippen LogP contribution is 2.22. The predicted octanol–water partition coefficient (Wildman–Crippen LogP) is 2.35. The molecule has 0 bridgehead atoms. The van der Waals surface area contributed by atoms with Crippen molar-refractivity contribution in [2.24, 2.45) is 10.9 Å². The molecular formula is C10H10ClF3N2O3. The van der Waals surface area contributed by atoms with Gasteiger partial charge in [-0.05, 0) is 18.2 Å². The van der Waals surface area contributed by atoms with Crippen LogP contribution in [0, 0.1) is 0 Å². The molecule has 5 nitrogen and oxygen atoms in total. The monoisotopic (exact) mass is 298 g/mol. The van der Waals surface area contributed by atoms with Crippen molar-refractivity contribution in [1.82, 2.24) is 0 Å². The number of rotatable bonds is 5. The number of ether oxygens (including phenoxy) is 2. The van der Waals surface area contributed by atoms with E-state index in [1.54, 1.807) is 0 Å². The lowest BCUT2D eigenvalue weighted by Gasteiger charge is -2.10. The molecule has 0 aliphatic heterocycles. The van der Waals surface area contributed by atoms with Crippen molar-refractivity contribution in [2.45, 2.75) is 6.18 Å². The Labute approximate surface area is 111 Å². The summed E-state index contributed by atoms with van der Waals surface area (Å²) in [5.41, 5.74) is 5.61. The summed E-state index contributed by atoms with van der Waals surface area (Å²) in [5, 5.41) is 11.4. The second-order valence-electron chi connectivity index (χ2n) is 3.35. The molecule has 1 aromatic rings. The van der Waals surface area contributed by atoms with Crippen LogP contribution in [-0.2, 0) is 4.74 Å². The third-order valence-corrected chi connectivity index (χ3v) is 2.21. The van der Waals surface area contributed by atoms with Gasteiger partial charge in [0.05, 0.1) is 5.02 Å². The predicted molar refractivity (Wildman–Crippen MR) is 61.5 cm³/mol. The number of amidine groups is 1. The van der Waals surface area contributed by atoms with Gasteiger partial charge in [-0.25, -0.2) is 0 Å². The topological polar surface area (TPSA) is 77.1 Å². The second kappa shape index (κ2) is 6.48. The van der Waals surface area contributed by atoms with Crippen molar-refractivity contribution in [1.29, 1.82) is 0 Å². The molecule has 0 saturated carbocycles. The molecule has 3 N–H and O–H groups in total. The van der Waals surface area contributed by atoms with Crippen LogP contribution < -0.4 is 10.5 Å². The molecule has 19 heavy (non-hydrogen) atoms. The molecule has 0 fully saturated rings. The van der Waals surface area contributed by atoms with Crippen LogP contribution in [-0.4, -0.2) is 30.6 Å². The Balaban J connectivity index is 2.55. The van der Waals surface area contributed by atoms with E-state index in [-0.39, 0.29) is 22.2 Å². The fourth-order valence-corrected chi connectivity index (χ4v) is 1.38. The average molecular weight is 299 g/mol. The zero-order chi connectivity index (χ0) is 14.5. The van der Waals surface area contributed by atoms with E-state index in [1.165, 1.54) is 18.2 Å². The van der Waals surface area contributed by atoms with Crippen molar-refractivity contribution >= 4 is 17.4 Å². The lowest BCUT2D eigenvalue weighted by Crippen LogP contribution is -2.19.